The lowest BCUT2D eigenvalue weighted by Gasteiger charge is -2.20. The van der Waals surface area contributed by atoms with Crippen LogP contribution in [0.4, 0.5) is 0 Å². The number of carbonyl (C=O) groups is 1. The summed E-state index contributed by atoms with van der Waals surface area (Å²) in [4.78, 5) is 16.3. The summed E-state index contributed by atoms with van der Waals surface area (Å²) in [6, 6.07) is 12.4. The maximum absolute atomic E-state index is 12.9. The fourth-order valence-electron chi connectivity index (χ4n) is 3.92. The standard InChI is InChI=1S/C25H32N2O3/c1-6-16(3)27-24(28)14-20(18-11-12-22(29-4)23(13-18)30-5)21-15-26-25-17(7-2)9-8-10-19(21)25/h8-13,15-16,20,26H,6-7,14H2,1-5H3,(H,27,28)/t16-,20+/m1/s1. The number of hydrogen-bond acceptors (Lipinski definition) is 3. The summed E-state index contributed by atoms with van der Waals surface area (Å²) in [5, 5.41) is 4.27. The van der Waals surface area contributed by atoms with E-state index >= 15 is 0 Å². The van der Waals surface area contributed by atoms with Crippen LogP contribution in [-0.4, -0.2) is 31.2 Å². The maximum Gasteiger partial charge on any atom is 0.221 e. The van der Waals surface area contributed by atoms with Crippen molar-refractivity contribution < 1.29 is 14.3 Å². The number of carbonyl (C=O) groups excluding carboxylic acids is 1. The van der Waals surface area contributed by atoms with E-state index in [1.165, 1.54) is 5.56 Å². The molecule has 30 heavy (non-hydrogen) atoms. The lowest BCUT2D eigenvalue weighted by molar-refractivity contribution is -0.121. The molecule has 0 saturated heterocycles. The van der Waals surface area contributed by atoms with Crippen LogP contribution in [-0.2, 0) is 11.2 Å². The fourth-order valence-corrected chi connectivity index (χ4v) is 3.92. The van der Waals surface area contributed by atoms with Crippen molar-refractivity contribution in [2.75, 3.05) is 14.2 Å². The molecule has 1 amide bonds. The number of rotatable bonds is 9. The first-order valence-electron chi connectivity index (χ1n) is 10.6. The number of amides is 1. The van der Waals surface area contributed by atoms with E-state index in [1.807, 2.05) is 31.3 Å². The normalized spacial score (nSPS) is 13.1. The minimum atomic E-state index is -0.102. The first-order chi connectivity index (χ1) is 14.5. The van der Waals surface area contributed by atoms with Crippen molar-refractivity contribution in [2.24, 2.45) is 0 Å². The highest BCUT2D eigenvalue weighted by atomic mass is 16.5. The van der Waals surface area contributed by atoms with Crippen molar-refractivity contribution in [1.82, 2.24) is 10.3 Å². The Kier molecular flexibility index (Phi) is 7.03. The quantitative estimate of drug-likeness (QED) is 0.512. The van der Waals surface area contributed by atoms with E-state index in [-0.39, 0.29) is 17.9 Å². The SMILES string of the molecule is CCc1cccc2c([C@@H](CC(=O)N[C@H](C)CC)c3ccc(OC)c(OC)c3)c[nH]c12. The molecule has 0 radical (unpaired) electrons. The number of para-hydroxylation sites is 1. The molecule has 2 aromatic carbocycles. The summed E-state index contributed by atoms with van der Waals surface area (Å²) >= 11 is 0. The number of aryl methyl sites for hydroxylation is 1. The van der Waals surface area contributed by atoms with Crippen molar-refractivity contribution in [3.05, 3.63) is 59.3 Å². The minimum absolute atomic E-state index is 0.0464. The highest BCUT2D eigenvalue weighted by molar-refractivity contribution is 5.88. The number of hydrogen-bond donors (Lipinski definition) is 2. The molecule has 0 bridgehead atoms. The third-order valence-electron chi connectivity index (χ3n) is 5.81. The molecule has 3 rings (SSSR count). The highest BCUT2D eigenvalue weighted by Crippen LogP contribution is 2.38. The molecule has 0 aliphatic heterocycles. The number of ether oxygens (including phenoxy) is 2. The number of fused-ring (bicyclic) bond motifs is 1. The zero-order chi connectivity index (χ0) is 21.7. The van der Waals surface area contributed by atoms with Gasteiger partial charge in [0.25, 0.3) is 0 Å². The summed E-state index contributed by atoms with van der Waals surface area (Å²) in [6.45, 7) is 6.26. The van der Waals surface area contributed by atoms with Crippen molar-refractivity contribution in [2.45, 2.75) is 52.0 Å². The first kappa shape index (κ1) is 21.8. The van der Waals surface area contributed by atoms with Gasteiger partial charge in [0.15, 0.2) is 11.5 Å². The van der Waals surface area contributed by atoms with Crippen LogP contribution in [0.25, 0.3) is 10.9 Å². The van der Waals surface area contributed by atoms with E-state index < -0.39 is 0 Å². The smallest absolute Gasteiger partial charge is 0.221 e. The number of aromatic nitrogens is 1. The van der Waals surface area contributed by atoms with Crippen LogP contribution in [0.3, 0.4) is 0 Å². The van der Waals surface area contributed by atoms with Gasteiger partial charge in [0.05, 0.1) is 14.2 Å². The maximum atomic E-state index is 12.9. The van der Waals surface area contributed by atoms with Gasteiger partial charge in [0.2, 0.25) is 5.91 Å². The van der Waals surface area contributed by atoms with Crippen LogP contribution >= 0.6 is 0 Å². The van der Waals surface area contributed by atoms with Crippen LogP contribution in [0.2, 0.25) is 0 Å². The van der Waals surface area contributed by atoms with Gasteiger partial charge < -0.3 is 19.8 Å². The van der Waals surface area contributed by atoms with E-state index in [9.17, 15) is 4.79 Å². The zero-order valence-electron chi connectivity index (χ0n) is 18.5. The third-order valence-corrected chi connectivity index (χ3v) is 5.81. The van der Waals surface area contributed by atoms with Crippen molar-refractivity contribution in [3.8, 4) is 11.5 Å². The summed E-state index contributed by atoms with van der Waals surface area (Å²) in [6.07, 6.45) is 4.26. The predicted octanol–water partition coefficient (Wildman–Crippen LogP) is 5.18. The van der Waals surface area contributed by atoms with Gasteiger partial charge in [-0.15, -0.1) is 0 Å². The van der Waals surface area contributed by atoms with E-state index in [0.29, 0.717) is 17.9 Å². The molecule has 0 fully saturated rings. The molecule has 0 aliphatic rings. The lowest BCUT2D eigenvalue weighted by atomic mass is 9.87. The molecule has 3 aromatic rings. The van der Waals surface area contributed by atoms with Gasteiger partial charge in [-0.3, -0.25) is 4.79 Å². The monoisotopic (exact) mass is 408 g/mol. The Bertz CT molecular complexity index is 1010. The molecule has 2 N–H and O–H groups in total. The van der Waals surface area contributed by atoms with E-state index in [2.05, 4.69) is 42.3 Å². The van der Waals surface area contributed by atoms with Crippen molar-refractivity contribution in [3.63, 3.8) is 0 Å². The highest BCUT2D eigenvalue weighted by Gasteiger charge is 2.24. The Morgan fingerprint density at radius 1 is 1.10 bits per heavy atom. The molecular formula is C25H32N2O3. The summed E-state index contributed by atoms with van der Waals surface area (Å²) in [7, 11) is 3.26. The Morgan fingerprint density at radius 2 is 1.87 bits per heavy atom. The van der Waals surface area contributed by atoms with Crippen LogP contribution in [0.5, 0.6) is 11.5 Å². The number of methoxy groups -OCH3 is 2. The number of aromatic amines is 1. The molecular weight excluding hydrogens is 376 g/mol. The number of H-pyrrole nitrogens is 1. The lowest BCUT2D eigenvalue weighted by Crippen LogP contribution is -2.33. The van der Waals surface area contributed by atoms with Crippen LogP contribution in [0.15, 0.2) is 42.6 Å². The second-order valence-electron chi connectivity index (χ2n) is 7.69. The van der Waals surface area contributed by atoms with Crippen LogP contribution < -0.4 is 14.8 Å². The largest absolute Gasteiger partial charge is 0.493 e. The second-order valence-corrected chi connectivity index (χ2v) is 7.69. The first-order valence-corrected chi connectivity index (χ1v) is 10.6. The Morgan fingerprint density at radius 3 is 2.53 bits per heavy atom. The molecule has 160 valence electrons. The Balaban J connectivity index is 2.08. The second kappa shape index (κ2) is 9.70. The minimum Gasteiger partial charge on any atom is -0.493 e. The molecule has 2 atom stereocenters. The van der Waals surface area contributed by atoms with Gasteiger partial charge in [0, 0.05) is 35.5 Å². The third kappa shape index (κ3) is 4.45. The molecule has 1 aromatic heterocycles. The zero-order valence-corrected chi connectivity index (χ0v) is 18.5. The van der Waals surface area contributed by atoms with E-state index in [1.54, 1.807) is 14.2 Å². The number of benzene rings is 2. The molecule has 0 spiro atoms. The fraction of sp³-hybridized carbons (Fsp3) is 0.400. The topological polar surface area (TPSA) is 63.4 Å². The molecule has 0 unspecified atom stereocenters. The summed E-state index contributed by atoms with van der Waals surface area (Å²) in [5.41, 5.74) is 4.55. The Hall–Kier alpha value is -2.95. The van der Waals surface area contributed by atoms with Crippen LogP contribution in [0.1, 0.15) is 56.2 Å². The van der Waals surface area contributed by atoms with E-state index in [0.717, 1.165) is 34.9 Å². The molecule has 1 heterocycles. The van der Waals surface area contributed by atoms with Crippen molar-refractivity contribution >= 4 is 16.8 Å². The average molecular weight is 409 g/mol. The molecule has 5 heteroatoms. The van der Waals surface area contributed by atoms with Gasteiger partial charge >= 0.3 is 0 Å². The molecule has 0 saturated carbocycles. The number of nitrogens with one attached hydrogen (secondary N) is 2. The molecule has 0 aliphatic carbocycles. The van der Waals surface area contributed by atoms with Gasteiger partial charge in [-0.1, -0.05) is 38.1 Å². The van der Waals surface area contributed by atoms with Gasteiger partial charge in [-0.05, 0) is 48.6 Å². The van der Waals surface area contributed by atoms with Gasteiger partial charge in [-0.25, -0.2) is 0 Å². The van der Waals surface area contributed by atoms with E-state index in [4.69, 9.17) is 9.47 Å². The van der Waals surface area contributed by atoms with Crippen LogP contribution in [0, 0.1) is 0 Å². The molecule has 5 nitrogen and oxygen atoms in total. The predicted molar refractivity (Wildman–Crippen MR) is 122 cm³/mol. The summed E-state index contributed by atoms with van der Waals surface area (Å²) in [5.74, 6) is 1.28. The van der Waals surface area contributed by atoms with Gasteiger partial charge in [-0.2, -0.15) is 0 Å². The Labute approximate surface area is 178 Å². The summed E-state index contributed by atoms with van der Waals surface area (Å²) < 4.78 is 10.9. The van der Waals surface area contributed by atoms with Crippen molar-refractivity contribution in [1.29, 1.82) is 0 Å². The average Bonchev–Trinajstić information content (AvgIpc) is 3.20. The van der Waals surface area contributed by atoms with Gasteiger partial charge in [0.1, 0.15) is 0 Å².